The maximum Gasteiger partial charge on any atom is 0.319 e. The number of para-hydroxylation sites is 1. The van der Waals surface area contributed by atoms with Crippen LogP contribution in [0.25, 0.3) is 0 Å². The minimum atomic E-state index is -0.259. The SMILES string of the molecule is O=C(NCCN1CCOCC1)Nc1ccc(C(=O)Nc2ccccc2)cc1. The van der Waals surface area contributed by atoms with Gasteiger partial charge in [0.1, 0.15) is 0 Å². The number of amides is 3. The summed E-state index contributed by atoms with van der Waals surface area (Å²) in [6.07, 6.45) is 0. The van der Waals surface area contributed by atoms with E-state index in [0.29, 0.717) is 17.8 Å². The lowest BCUT2D eigenvalue weighted by Crippen LogP contribution is -2.42. The first kappa shape index (κ1) is 18.9. The van der Waals surface area contributed by atoms with Crippen LogP contribution in [0.3, 0.4) is 0 Å². The molecule has 0 unspecified atom stereocenters. The lowest BCUT2D eigenvalue weighted by Gasteiger charge is -2.26. The lowest BCUT2D eigenvalue weighted by molar-refractivity contribution is 0.0388. The number of carbonyl (C=O) groups is 2. The third-order valence-electron chi connectivity index (χ3n) is 4.25. The molecule has 1 saturated heterocycles. The predicted molar refractivity (Wildman–Crippen MR) is 105 cm³/mol. The second kappa shape index (κ2) is 9.70. The summed E-state index contributed by atoms with van der Waals surface area (Å²) < 4.78 is 5.30. The zero-order valence-electron chi connectivity index (χ0n) is 15.1. The van der Waals surface area contributed by atoms with E-state index >= 15 is 0 Å². The summed E-state index contributed by atoms with van der Waals surface area (Å²) >= 11 is 0. The molecule has 0 aromatic heterocycles. The number of nitrogens with zero attached hydrogens (tertiary/aromatic N) is 1. The summed E-state index contributed by atoms with van der Waals surface area (Å²) in [6, 6.07) is 15.8. The quantitative estimate of drug-likeness (QED) is 0.731. The minimum Gasteiger partial charge on any atom is -0.379 e. The molecule has 0 spiro atoms. The lowest BCUT2D eigenvalue weighted by atomic mass is 10.2. The van der Waals surface area contributed by atoms with Crippen LogP contribution in [-0.4, -0.2) is 56.2 Å². The molecule has 2 aromatic carbocycles. The van der Waals surface area contributed by atoms with Gasteiger partial charge < -0.3 is 20.7 Å². The molecule has 1 aliphatic heterocycles. The van der Waals surface area contributed by atoms with Crippen LogP contribution in [0.5, 0.6) is 0 Å². The highest BCUT2D eigenvalue weighted by molar-refractivity contribution is 6.04. The number of benzene rings is 2. The second-order valence-electron chi connectivity index (χ2n) is 6.23. The molecule has 2 aromatic rings. The molecule has 0 radical (unpaired) electrons. The summed E-state index contributed by atoms with van der Waals surface area (Å²) in [6.45, 7) is 4.66. The van der Waals surface area contributed by atoms with E-state index in [-0.39, 0.29) is 11.9 Å². The van der Waals surface area contributed by atoms with Crippen LogP contribution in [0.2, 0.25) is 0 Å². The number of nitrogens with one attached hydrogen (secondary N) is 3. The average molecular weight is 368 g/mol. The van der Waals surface area contributed by atoms with Gasteiger partial charge in [-0.1, -0.05) is 18.2 Å². The van der Waals surface area contributed by atoms with Crippen LogP contribution in [-0.2, 0) is 4.74 Å². The Morgan fingerprint density at radius 3 is 2.26 bits per heavy atom. The first-order valence-corrected chi connectivity index (χ1v) is 9.02. The molecule has 7 nitrogen and oxygen atoms in total. The van der Waals surface area contributed by atoms with Gasteiger partial charge >= 0.3 is 6.03 Å². The molecule has 0 bridgehead atoms. The molecule has 0 saturated carbocycles. The van der Waals surface area contributed by atoms with E-state index in [1.807, 2.05) is 30.3 Å². The molecule has 1 aliphatic rings. The summed E-state index contributed by atoms with van der Waals surface area (Å²) in [5.74, 6) is -0.192. The summed E-state index contributed by atoms with van der Waals surface area (Å²) in [4.78, 5) is 26.4. The van der Waals surface area contributed by atoms with Crippen molar-refractivity contribution >= 4 is 23.3 Å². The Kier molecular flexibility index (Phi) is 6.78. The van der Waals surface area contributed by atoms with Crippen molar-refractivity contribution in [1.29, 1.82) is 0 Å². The van der Waals surface area contributed by atoms with Crippen LogP contribution in [0.15, 0.2) is 54.6 Å². The van der Waals surface area contributed by atoms with Crippen molar-refractivity contribution < 1.29 is 14.3 Å². The van der Waals surface area contributed by atoms with Crippen LogP contribution in [0.4, 0.5) is 16.2 Å². The normalized spacial score (nSPS) is 14.4. The van der Waals surface area contributed by atoms with E-state index in [1.54, 1.807) is 24.3 Å². The molecule has 0 atom stereocenters. The molecule has 3 rings (SSSR count). The Morgan fingerprint density at radius 2 is 1.56 bits per heavy atom. The molecular formula is C20H24N4O3. The van der Waals surface area contributed by atoms with Crippen molar-refractivity contribution in [3.05, 3.63) is 60.2 Å². The molecule has 3 N–H and O–H groups in total. The van der Waals surface area contributed by atoms with Crippen molar-refractivity contribution in [2.75, 3.05) is 50.0 Å². The summed E-state index contributed by atoms with van der Waals surface area (Å²) in [7, 11) is 0. The number of carbonyl (C=O) groups excluding carboxylic acids is 2. The van der Waals surface area contributed by atoms with Crippen LogP contribution in [0.1, 0.15) is 10.4 Å². The van der Waals surface area contributed by atoms with Crippen molar-refractivity contribution in [2.24, 2.45) is 0 Å². The zero-order chi connectivity index (χ0) is 18.9. The highest BCUT2D eigenvalue weighted by atomic mass is 16.5. The van der Waals surface area contributed by atoms with Gasteiger partial charge in [0, 0.05) is 43.1 Å². The van der Waals surface area contributed by atoms with Gasteiger partial charge in [-0.25, -0.2) is 4.79 Å². The Bertz CT molecular complexity index is 744. The van der Waals surface area contributed by atoms with Crippen molar-refractivity contribution in [1.82, 2.24) is 10.2 Å². The first-order chi connectivity index (χ1) is 13.2. The van der Waals surface area contributed by atoms with Crippen LogP contribution >= 0.6 is 0 Å². The number of anilines is 2. The topological polar surface area (TPSA) is 82.7 Å². The van der Waals surface area contributed by atoms with E-state index in [0.717, 1.165) is 38.5 Å². The molecule has 0 aliphatic carbocycles. The largest absolute Gasteiger partial charge is 0.379 e. The van der Waals surface area contributed by atoms with Gasteiger partial charge in [-0.3, -0.25) is 9.69 Å². The third-order valence-corrected chi connectivity index (χ3v) is 4.25. The maximum atomic E-state index is 12.2. The van der Waals surface area contributed by atoms with E-state index in [2.05, 4.69) is 20.9 Å². The number of urea groups is 1. The smallest absolute Gasteiger partial charge is 0.319 e. The van der Waals surface area contributed by atoms with Crippen LogP contribution < -0.4 is 16.0 Å². The standard InChI is InChI=1S/C20H24N4O3/c25-19(22-17-4-2-1-3-5-17)16-6-8-18(9-7-16)23-20(26)21-10-11-24-12-14-27-15-13-24/h1-9H,10-15H2,(H,22,25)(H2,21,23,26). The van der Waals surface area contributed by atoms with E-state index in [4.69, 9.17) is 4.74 Å². The van der Waals surface area contributed by atoms with Gasteiger partial charge in [0.15, 0.2) is 0 Å². The summed E-state index contributed by atoms with van der Waals surface area (Å²) in [5.41, 5.74) is 1.90. The van der Waals surface area contributed by atoms with E-state index in [9.17, 15) is 9.59 Å². The Morgan fingerprint density at radius 1 is 0.889 bits per heavy atom. The van der Waals surface area contributed by atoms with Crippen LogP contribution in [0, 0.1) is 0 Å². The third kappa shape index (κ3) is 6.09. The van der Waals surface area contributed by atoms with Crippen molar-refractivity contribution in [3.8, 4) is 0 Å². The highest BCUT2D eigenvalue weighted by Crippen LogP contribution is 2.12. The van der Waals surface area contributed by atoms with Gasteiger partial charge in [0.05, 0.1) is 13.2 Å². The fourth-order valence-electron chi connectivity index (χ4n) is 2.76. The predicted octanol–water partition coefficient (Wildman–Crippen LogP) is 2.39. The number of ether oxygens (including phenoxy) is 1. The monoisotopic (exact) mass is 368 g/mol. The average Bonchev–Trinajstić information content (AvgIpc) is 2.70. The van der Waals surface area contributed by atoms with E-state index < -0.39 is 0 Å². The highest BCUT2D eigenvalue weighted by Gasteiger charge is 2.10. The number of rotatable bonds is 6. The van der Waals surface area contributed by atoms with Gasteiger partial charge in [0.2, 0.25) is 0 Å². The molecule has 142 valence electrons. The molecule has 7 heteroatoms. The van der Waals surface area contributed by atoms with Crippen molar-refractivity contribution in [2.45, 2.75) is 0 Å². The van der Waals surface area contributed by atoms with Gasteiger partial charge in [0.25, 0.3) is 5.91 Å². The van der Waals surface area contributed by atoms with Crippen molar-refractivity contribution in [3.63, 3.8) is 0 Å². The first-order valence-electron chi connectivity index (χ1n) is 9.02. The minimum absolute atomic E-state index is 0.192. The van der Waals surface area contributed by atoms with Gasteiger partial charge in [-0.15, -0.1) is 0 Å². The number of hydrogen-bond acceptors (Lipinski definition) is 4. The molecule has 1 fully saturated rings. The fraction of sp³-hybridized carbons (Fsp3) is 0.300. The zero-order valence-corrected chi connectivity index (χ0v) is 15.1. The van der Waals surface area contributed by atoms with Gasteiger partial charge in [-0.05, 0) is 36.4 Å². The second-order valence-corrected chi connectivity index (χ2v) is 6.23. The molecule has 3 amide bonds. The maximum absolute atomic E-state index is 12.2. The van der Waals surface area contributed by atoms with E-state index in [1.165, 1.54) is 0 Å². The number of hydrogen-bond donors (Lipinski definition) is 3. The Labute approximate surface area is 158 Å². The Balaban J connectivity index is 1.42. The Hall–Kier alpha value is -2.90. The summed E-state index contributed by atoms with van der Waals surface area (Å²) in [5, 5.41) is 8.43. The molecule has 27 heavy (non-hydrogen) atoms. The number of morpholine rings is 1. The van der Waals surface area contributed by atoms with Gasteiger partial charge in [-0.2, -0.15) is 0 Å². The fourth-order valence-corrected chi connectivity index (χ4v) is 2.76. The molecular weight excluding hydrogens is 344 g/mol. The molecule has 1 heterocycles.